The molecule has 0 saturated carbocycles. The molecular weight excluding hydrogens is 356 g/mol. The lowest BCUT2D eigenvalue weighted by Gasteiger charge is -2.15. The van der Waals surface area contributed by atoms with E-state index >= 15 is 0 Å². The van der Waals surface area contributed by atoms with Crippen LogP contribution in [0.4, 0.5) is 11.4 Å². The molecule has 10 heteroatoms. The lowest BCUT2D eigenvalue weighted by molar-refractivity contribution is 0.481. The monoisotopic (exact) mass is 372 g/mol. The molecule has 2 rings (SSSR count). The molecule has 8 nitrogen and oxygen atoms in total. The van der Waals surface area contributed by atoms with Gasteiger partial charge in [0.2, 0.25) is 0 Å². The van der Waals surface area contributed by atoms with Crippen LogP contribution in [0.5, 0.6) is 0 Å². The third-order valence-electron chi connectivity index (χ3n) is 3.73. The summed E-state index contributed by atoms with van der Waals surface area (Å²) in [5.41, 5.74) is 13.3. The minimum Gasteiger partial charge on any atom is -0.398 e. The summed E-state index contributed by atoms with van der Waals surface area (Å²) in [4.78, 5) is -0.869. The van der Waals surface area contributed by atoms with E-state index in [0.717, 1.165) is 24.3 Å². The van der Waals surface area contributed by atoms with Crippen molar-refractivity contribution in [3.05, 3.63) is 35.4 Å². The fourth-order valence-corrected chi connectivity index (χ4v) is 3.36. The van der Waals surface area contributed by atoms with Gasteiger partial charge in [0.15, 0.2) is 0 Å². The van der Waals surface area contributed by atoms with E-state index in [4.69, 9.17) is 11.5 Å². The van der Waals surface area contributed by atoms with Crippen LogP contribution in [0.1, 0.15) is 11.1 Å². The molecule has 2 aromatic carbocycles. The van der Waals surface area contributed by atoms with Crippen LogP contribution in [-0.2, 0) is 20.2 Å². The molecule has 0 amide bonds. The summed E-state index contributed by atoms with van der Waals surface area (Å²) in [6, 6.07) is 4.52. The average Bonchev–Trinajstić information content (AvgIpc) is 2.42. The van der Waals surface area contributed by atoms with Crippen LogP contribution in [0.15, 0.2) is 34.1 Å². The van der Waals surface area contributed by atoms with Crippen LogP contribution >= 0.6 is 0 Å². The first kappa shape index (κ1) is 18.2. The van der Waals surface area contributed by atoms with E-state index in [0.29, 0.717) is 11.1 Å². The van der Waals surface area contributed by atoms with Gasteiger partial charge in [-0.2, -0.15) is 16.8 Å². The standard InChI is InChI=1S/C14H16N2O6S2/c1-7-11(3-9(5-13(7)15)23(17,18)19)12-4-10(24(20,21)22)6-14(16)8(12)2/h3-6H,15-16H2,1-2H3,(H,17,18,19)(H,20,21,22). The molecule has 24 heavy (non-hydrogen) atoms. The van der Waals surface area contributed by atoms with E-state index in [2.05, 4.69) is 0 Å². The molecule has 0 aliphatic carbocycles. The molecule has 0 saturated heterocycles. The Morgan fingerprint density at radius 3 is 1.25 bits per heavy atom. The van der Waals surface area contributed by atoms with Crippen LogP contribution < -0.4 is 11.5 Å². The summed E-state index contributed by atoms with van der Waals surface area (Å²) in [5, 5.41) is 0. The zero-order valence-corrected chi connectivity index (χ0v) is 14.4. The topological polar surface area (TPSA) is 161 Å². The van der Waals surface area contributed by atoms with Crippen molar-refractivity contribution in [2.45, 2.75) is 23.6 Å². The highest BCUT2D eigenvalue weighted by atomic mass is 32.2. The van der Waals surface area contributed by atoms with Gasteiger partial charge in [0.25, 0.3) is 20.2 Å². The largest absolute Gasteiger partial charge is 0.398 e. The fraction of sp³-hybridized carbons (Fsp3) is 0.143. The van der Waals surface area contributed by atoms with Gasteiger partial charge in [-0.15, -0.1) is 0 Å². The van der Waals surface area contributed by atoms with Crippen molar-refractivity contribution in [2.75, 3.05) is 11.5 Å². The van der Waals surface area contributed by atoms with Crippen molar-refractivity contribution in [3.8, 4) is 11.1 Å². The maximum absolute atomic E-state index is 11.4. The minimum atomic E-state index is -4.51. The van der Waals surface area contributed by atoms with Gasteiger partial charge >= 0.3 is 0 Å². The third-order valence-corrected chi connectivity index (χ3v) is 5.39. The van der Waals surface area contributed by atoms with Crippen molar-refractivity contribution < 1.29 is 25.9 Å². The van der Waals surface area contributed by atoms with Crippen molar-refractivity contribution in [1.82, 2.24) is 0 Å². The highest BCUT2D eigenvalue weighted by Gasteiger charge is 2.20. The first-order valence-corrected chi connectivity index (χ1v) is 9.46. The molecule has 0 aliphatic rings. The quantitative estimate of drug-likeness (QED) is 0.467. The van der Waals surface area contributed by atoms with Crippen LogP contribution in [0.3, 0.4) is 0 Å². The first-order valence-electron chi connectivity index (χ1n) is 6.58. The Labute approximate surface area is 139 Å². The lowest BCUT2D eigenvalue weighted by Crippen LogP contribution is -2.05. The van der Waals surface area contributed by atoms with Gasteiger partial charge in [-0.3, -0.25) is 9.11 Å². The fourth-order valence-electron chi connectivity index (χ4n) is 2.28. The van der Waals surface area contributed by atoms with Crippen LogP contribution in [0.2, 0.25) is 0 Å². The molecule has 0 heterocycles. The van der Waals surface area contributed by atoms with Gasteiger partial charge in [-0.25, -0.2) is 0 Å². The van der Waals surface area contributed by atoms with Gasteiger partial charge in [0.05, 0.1) is 9.79 Å². The highest BCUT2D eigenvalue weighted by molar-refractivity contribution is 7.86. The summed E-state index contributed by atoms with van der Waals surface area (Å²) < 4.78 is 64.1. The normalized spacial score (nSPS) is 12.3. The van der Waals surface area contributed by atoms with Crippen molar-refractivity contribution >= 4 is 31.6 Å². The number of anilines is 2. The highest BCUT2D eigenvalue weighted by Crippen LogP contribution is 2.36. The van der Waals surface area contributed by atoms with Gasteiger partial charge < -0.3 is 11.5 Å². The van der Waals surface area contributed by atoms with Crippen LogP contribution in [-0.4, -0.2) is 25.9 Å². The molecule has 0 fully saturated rings. The third kappa shape index (κ3) is 3.36. The molecule has 0 aromatic heterocycles. The van der Waals surface area contributed by atoms with Crippen molar-refractivity contribution in [1.29, 1.82) is 0 Å². The van der Waals surface area contributed by atoms with Gasteiger partial charge in [-0.05, 0) is 60.4 Å². The Hall–Kier alpha value is -2.14. The smallest absolute Gasteiger partial charge is 0.294 e. The van der Waals surface area contributed by atoms with Gasteiger partial charge in [0.1, 0.15) is 0 Å². The number of hydrogen-bond donors (Lipinski definition) is 4. The predicted molar refractivity (Wildman–Crippen MR) is 89.8 cm³/mol. The first-order chi connectivity index (χ1) is 10.8. The number of nitrogen functional groups attached to an aromatic ring is 2. The van der Waals surface area contributed by atoms with E-state index in [1.54, 1.807) is 13.8 Å². The molecule has 0 unspecified atom stereocenters. The second-order valence-electron chi connectivity index (χ2n) is 5.32. The molecule has 0 aliphatic heterocycles. The molecule has 0 bridgehead atoms. The number of rotatable bonds is 3. The van der Waals surface area contributed by atoms with E-state index < -0.39 is 30.0 Å². The maximum atomic E-state index is 11.4. The van der Waals surface area contributed by atoms with E-state index in [-0.39, 0.29) is 22.5 Å². The van der Waals surface area contributed by atoms with Crippen LogP contribution in [0, 0.1) is 13.8 Å². The molecule has 6 N–H and O–H groups in total. The SMILES string of the molecule is Cc1c(N)cc(S(=O)(=O)O)cc1-c1cc(S(=O)(=O)O)cc(N)c1C. The summed E-state index contributed by atoms with van der Waals surface area (Å²) >= 11 is 0. The molecule has 130 valence electrons. The molecule has 0 spiro atoms. The molecule has 0 radical (unpaired) electrons. The Balaban J connectivity index is 2.91. The predicted octanol–water partition coefficient (Wildman–Crippen LogP) is 1.63. The molecule has 0 atom stereocenters. The average molecular weight is 372 g/mol. The van der Waals surface area contributed by atoms with Gasteiger partial charge in [0, 0.05) is 11.4 Å². The zero-order chi connectivity index (χ0) is 18.4. The Kier molecular flexibility index (Phi) is 4.35. The van der Waals surface area contributed by atoms with E-state index in [1.807, 2.05) is 0 Å². The second kappa shape index (κ2) is 5.74. The summed E-state index contributed by atoms with van der Waals surface area (Å²) in [6.45, 7) is 3.21. The van der Waals surface area contributed by atoms with E-state index in [9.17, 15) is 25.9 Å². The molecule has 2 aromatic rings. The molecular formula is C14H16N2O6S2. The zero-order valence-electron chi connectivity index (χ0n) is 12.8. The Morgan fingerprint density at radius 2 is 1.00 bits per heavy atom. The number of benzene rings is 2. The summed E-state index contributed by atoms with van der Waals surface area (Å²) in [7, 11) is -9.03. The van der Waals surface area contributed by atoms with Crippen LogP contribution in [0.25, 0.3) is 11.1 Å². The summed E-state index contributed by atoms with van der Waals surface area (Å²) in [6.07, 6.45) is 0. The lowest BCUT2D eigenvalue weighted by atomic mass is 9.95. The summed E-state index contributed by atoms with van der Waals surface area (Å²) in [5.74, 6) is 0. The minimum absolute atomic E-state index is 0.0929. The van der Waals surface area contributed by atoms with E-state index in [1.165, 1.54) is 0 Å². The maximum Gasteiger partial charge on any atom is 0.294 e. The Bertz CT molecular complexity index is 958. The number of nitrogens with two attached hydrogens (primary N) is 2. The van der Waals surface area contributed by atoms with Crippen molar-refractivity contribution in [3.63, 3.8) is 0 Å². The second-order valence-corrected chi connectivity index (χ2v) is 8.16. The number of hydrogen-bond acceptors (Lipinski definition) is 6. The Morgan fingerprint density at radius 1 is 0.708 bits per heavy atom. The van der Waals surface area contributed by atoms with Gasteiger partial charge in [-0.1, -0.05) is 0 Å². The van der Waals surface area contributed by atoms with Crippen molar-refractivity contribution in [2.24, 2.45) is 0 Å².